The lowest BCUT2D eigenvalue weighted by Crippen LogP contribution is -2.51. The largest absolute Gasteiger partial charge is 0.390 e. The average molecular weight is 544 g/mol. The van der Waals surface area contributed by atoms with Crippen LogP contribution in [0.1, 0.15) is 55.0 Å². The molecule has 1 aliphatic heterocycles. The smallest absolute Gasteiger partial charge is 0.364 e. The van der Waals surface area contributed by atoms with Gasteiger partial charge in [-0.15, -0.1) is 11.3 Å². The van der Waals surface area contributed by atoms with E-state index >= 15 is 0 Å². The molecule has 0 atom stereocenters. The van der Waals surface area contributed by atoms with E-state index in [9.17, 15) is 22.8 Å². The molecule has 0 saturated heterocycles. The van der Waals surface area contributed by atoms with Crippen LogP contribution in [0.4, 0.5) is 13.2 Å². The van der Waals surface area contributed by atoms with Crippen LogP contribution in [0.3, 0.4) is 0 Å². The molecule has 37 heavy (non-hydrogen) atoms. The van der Waals surface area contributed by atoms with Gasteiger partial charge in [-0.25, -0.2) is 4.79 Å². The van der Waals surface area contributed by atoms with Crippen molar-refractivity contribution in [2.75, 3.05) is 26.9 Å². The summed E-state index contributed by atoms with van der Waals surface area (Å²) in [6, 6.07) is -0.241. The van der Waals surface area contributed by atoms with Gasteiger partial charge in [-0.05, 0) is 43.6 Å². The molecule has 3 heterocycles. The summed E-state index contributed by atoms with van der Waals surface area (Å²) in [5, 5.41) is 3.46. The molecule has 2 fully saturated rings. The zero-order valence-corrected chi connectivity index (χ0v) is 21.8. The molecule has 0 unspecified atom stereocenters. The first kappa shape index (κ1) is 27.4. The molecule has 2 saturated carbocycles. The number of fused-ring (bicyclic) bond motifs is 1. The van der Waals surface area contributed by atoms with Gasteiger partial charge in [0.1, 0.15) is 18.4 Å². The van der Waals surface area contributed by atoms with Crippen molar-refractivity contribution in [3.8, 4) is 0 Å². The summed E-state index contributed by atoms with van der Waals surface area (Å²) in [4.78, 5) is 42.6. The lowest BCUT2D eigenvalue weighted by molar-refractivity contribution is -0.136. The predicted octanol–water partition coefficient (Wildman–Crippen LogP) is 3.17. The molecule has 1 spiro atoms. The topological polar surface area (TPSA) is 97.9 Å². The number of hydrogen-bond acceptors (Lipinski definition) is 8. The number of nitrogens with one attached hydrogen (secondary N) is 1. The highest BCUT2D eigenvalue weighted by atomic mass is 32.1. The normalized spacial score (nSPS) is 18.8. The molecule has 0 aromatic carbocycles. The van der Waals surface area contributed by atoms with Crippen molar-refractivity contribution in [1.82, 2.24) is 19.4 Å². The first-order valence-electron chi connectivity index (χ1n) is 12.3. The Kier molecular flexibility index (Phi) is 7.84. The van der Waals surface area contributed by atoms with E-state index in [1.807, 2.05) is 18.6 Å². The predicted molar refractivity (Wildman–Crippen MR) is 135 cm³/mol. The number of aromatic nitrogens is 2. The Bertz CT molecular complexity index is 1290. The molecule has 0 radical (unpaired) electrons. The number of ether oxygens (including phenoxy) is 1. The van der Waals surface area contributed by atoms with E-state index in [4.69, 9.17) is 9.53 Å². The van der Waals surface area contributed by atoms with Crippen LogP contribution in [0.25, 0.3) is 10.2 Å². The van der Waals surface area contributed by atoms with E-state index in [1.54, 1.807) is 7.11 Å². The fourth-order valence-corrected chi connectivity index (χ4v) is 6.97. The SMILES string of the molecule is C=O.COCNC1=NCCN1Cc1sc2c(c1C)c(=O)n(C1CC3(CCC3)C1)c(=O)n2CCC(F)(F)F. The van der Waals surface area contributed by atoms with Gasteiger partial charge in [0, 0.05) is 31.1 Å². The van der Waals surface area contributed by atoms with Gasteiger partial charge in [0.25, 0.3) is 5.56 Å². The summed E-state index contributed by atoms with van der Waals surface area (Å²) < 4.78 is 46.9. The fraction of sp³-hybridized carbons (Fsp3) is 0.667. The lowest BCUT2D eigenvalue weighted by atomic mass is 9.54. The van der Waals surface area contributed by atoms with Crippen LogP contribution < -0.4 is 16.6 Å². The number of aliphatic imine (C=N–C) groups is 1. The molecule has 3 aliphatic rings. The summed E-state index contributed by atoms with van der Waals surface area (Å²) in [5.74, 6) is 0.677. The Hall–Kier alpha value is -2.67. The Morgan fingerprint density at radius 1 is 1.24 bits per heavy atom. The monoisotopic (exact) mass is 543 g/mol. The third-order valence-corrected chi connectivity index (χ3v) is 9.02. The van der Waals surface area contributed by atoms with Crippen LogP contribution in [-0.2, 0) is 22.6 Å². The quantitative estimate of drug-likeness (QED) is 0.539. The molecule has 13 heteroatoms. The van der Waals surface area contributed by atoms with Gasteiger partial charge in [0.05, 0.1) is 24.9 Å². The maximum absolute atomic E-state index is 13.6. The number of rotatable bonds is 7. The summed E-state index contributed by atoms with van der Waals surface area (Å²) in [6.07, 6.45) is -0.663. The standard InChI is InChI=1S/C23H30F3N5O3S.CH2O/c1-14-16(12-29-9-7-27-20(29)28-13-34-2)35-19-17(14)18(32)31(15-10-22(11-15)4-3-5-22)21(33)30(19)8-6-23(24,25)26;1-2/h15H,3-13H2,1-2H3,(H,27,28);1H2. The Morgan fingerprint density at radius 3 is 2.54 bits per heavy atom. The van der Waals surface area contributed by atoms with Crippen molar-refractivity contribution >= 4 is 34.3 Å². The molecular weight excluding hydrogens is 511 g/mol. The van der Waals surface area contributed by atoms with E-state index in [-0.39, 0.29) is 17.0 Å². The van der Waals surface area contributed by atoms with Crippen LogP contribution in [0.2, 0.25) is 0 Å². The van der Waals surface area contributed by atoms with Crippen molar-refractivity contribution in [1.29, 1.82) is 0 Å². The fourth-order valence-electron chi connectivity index (χ4n) is 5.64. The summed E-state index contributed by atoms with van der Waals surface area (Å²) in [7, 11) is 1.57. The lowest BCUT2D eigenvalue weighted by Gasteiger charge is -2.54. The van der Waals surface area contributed by atoms with E-state index in [0.29, 0.717) is 42.5 Å². The second-order valence-electron chi connectivity index (χ2n) is 9.96. The number of methoxy groups -OCH3 is 1. The maximum atomic E-state index is 13.6. The number of carbonyl (C=O) groups excluding carboxylic acids is 1. The van der Waals surface area contributed by atoms with Gasteiger partial charge in [0.2, 0.25) is 0 Å². The molecule has 5 rings (SSSR count). The minimum absolute atomic E-state index is 0.220. The number of carbonyl (C=O) groups is 1. The zero-order chi connectivity index (χ0) is 27.0. The number of thiophene rings is 1. The van der Waals surface area contributed by atoms with Gasteiger partial charge in [-0.3, -0.25) is 18.9 Å². The Labute approximate surface area is 215 Å². The van der Waals surface area contributed by atoms with Gasteiger partial charge >= 0.3 is 11.9 Å². The third kappa shape index (κ3) is 5.20. The van der Waals surface area contributed by atoms with Crippen molar-refractivity contribution in [3.63, 3.8) is 0 Å². The van der Waals surface area contributed by atoms with Gasteiger partial charge in [0.15, 0.2) is 5.96 Å². The molecule has 2 aromatic rings. The second kappa shape index (κ2) is 10.6. The Balaban J connectivity index is 0.00000156. The van der Waals surface area contributed by atoms with E-state index in [0.717, 1.165) is 42.5 Å². The minimum atomic E-state index is -4.40. The van der Waals surface area contributed by atoms with E-state index in [1.165, 1.54) is 20.5 Å². The van der Waals surface area contributed by atoms with E-state index in [2.05, 4.69) is 10.3 Å². The Morgan fingerprint density at radius 2 is 1.95 bits per heavy atom. The summed E-state index contributed by atoms with van der Waals surface area (Å²) in [5.41, 5.74) is -0.0537. The third-order valence-electron chi connectivity index (χ3n) is 7.72. The minimum Gasteiger partial charge on any atom is -0.364 e. The molecule has 1 N–H and O–H groups in total. The molecule has 9 nitrogen and oxygen atoms in total. The molecule has 2 aromatic heterocycles. The molecular formula is C24H32F3N5O4S. The van der Waals surface area contributed by atoms with Crippen molar-refractivity contribution in [2.24, 2.45) is 10.4 Å². The van der Waals surface area contributed by atoms with Gasteiger partial charge in [-0.2, -0.15) is 13.2 Å². The van der Waals surface area contributed by atoms with E-state index < -0.39 is 24.8 Å². The first-order chi connectivity index (χ1) is 17.6. The number of guanidine groups is 1. The second-order valence-corrected chi connectivity index (χ2v) is 11.0. The van der Waals surface area contributed by atoms with Crippen LogP contribution in [0, 0.1) is 12.3 Å². The molecule has 204 valence electrons. The van der Waals surface area contributed by atoms with Crippen LogP contribution in [0.15, 0.2) is 14.6 Å². The number of hydrogen-bond donors (Lipinski definition) is 1. The number of aryl methyl sites for hydroxylation is 2. The number of nitrogens with zero attached hydrogens (tertiary/aromatic N) is 4. The average Bonchev–Trinajstić information content (AvgIpc) is 3.37. The summed E-state index contributed by atoms with van der Waals surface area (Å²) in [6.45, 7) is 5.35. The maximum Gasteiger partial charge on any atom is 0.390 e. The van der Waals surface area contributed by atoms with Crippen molar-refractivity contribution in [3.05, 3.63) is 31.3 Å². The highest BCUT2D eigenvalue weighted by molar-refractivity contribution is 7.18. The van der Waals surface area contributed by atoms with Crippen LogP contribution in [0.5, 0.6) is 0 Å². The van der Waals surface area contributed by atoms with Crippen molar-refractivity contribution < 1.29 is 22.7 Å². The van der Waals surface area contributed by atoms with Crippen LogP contribution in [-0.4, -0.2) is 59.9 Å². The highest BCUT2D eigenvalue weighted by Gasteiger charge is 2.49. The molecule has 2 aliphatic carbocycles. The number of halogens is 3. The zero-order valence-electron chi connectivity index (χ0n) is 21.0. The number of alkyl halides is 3. The molecule has 0 bridgehead atoms. The van der Waals surface area contributed by atoms with Crippen LogP contribution >= 0.6 is 11.3 Å². The van der Waals surface area contributed by atoms with Crippen molar-refractivity contribution in [2.45, 2.75) is 70.8 Å². The molecule has 0 amide bonds. The first-order valence-corrected chi connectivity index (χ1v) is 13.1. The summed E-state index contributed by atoms with van der Waals surface area (Å²) >= 11 is 1.23. The van der Waals surface area contributed by atoms with Gasteiger partial charge < -0.3 is 19.7 Å². The van der Waals surface area contributed by atoms with Gasteiger partial charge in [-0.1, -0.05) is 6.42 Å². The highest BCUT2D eigenvalue weighted by Crippen LogP contribution is 2.59.